The molecule has 9 aromatic rings. The summed E-state index contributed by atoms with van der Waals surface area (Å²) < 4.78 is 38.1. The Kier molecular flexibility index (Phi) is 7.45. The maximum absolute atomic E-state index is 7.19. The van der Waals surface area contributed by atoms with Gasteiger partial charge in [-0.2, -0.15) is 0 Å². The molecule has 2 aliphatic rings. The third-order valence-corrected chi connectivity index (χ3v) is 15.5. The molecule has 11 rings (SSSR count). The van der Waals surface area contributed by atoms with Crippen LogP contribution in [0.3, 0.4) is 0 Å². The van der Waals surface area contributed by atoms with Gasteiger partial charge in [0.1, 0.15) is 11.2 Å². The molecule has 0 aliphatic carbocycles. The Morgan fingerprint density at radius 1 is 0.571 bits per heavy atom. The molecule has 2 saturated heterocycles. The lowest BCUT2D eigenvalue weighted by atomic mass is 9.49. The van der Waals surface area contributed by atoms with Crippen molar-refractivity contribution < 1.29 is 23.0 Å². The van der Waals surface area contributed by atoms with E-state index < -0.39 is 36.4 Å². The van der Waals surface area contributed by atoms with Crippen LogP contribution in [0.4, 0.5) is 0 Å². The average Bonchev–Trinajstić information content (AvgIpc) is 3.81. The summed E-state index contributed by atoms with van der Waals surface area (Å²) in [5, 5.41) is 7.86. The van der Waals surface area contributed by atoms with Gasteiger partial charge in [0, 0.05) is 62.9 Å². The first-order valence-electron chi connectivity index (χ1n) is 19.3. The third-order valence-electron chi connectivity index (χ3n) is 12.9. The van der Waals surface area contributed by atoms with Crippen LogP contribution < -0.4 is 0 Å². The molecule has 0 amide bonds. The van der Waals surface area contributed by atoms with Gasteiger partial charge in [0.05, 0.1) is 22.4 Å². The lowest BCUT2D eigenvalue weighted by molar-refractivity contribution is -0.00875. The van der Waals surface area contributed by atoms with Crippen molar-refractivity contribution in [2.75, 3.05) is 0 Å². The molecular weight excluding hydrogens is 754 g/mol. The molecule has 0 bridgehead atoms. The summed E-state index contributed by atoms with van der Waals surface area (Å²) in [4.78, 5) is 0. The zero-order valence-corrected chi connectivity index (χ0v) is 34.7. The standard InChI is InChI=1S/C46H39B2ClO5S2/c1-43(2)44(3,4)52-47(51-43)48-53-45(5,6)46(7,54-48)24-25-18-19-30-28(20-25)21-31-36-38-39-37-32(55-41(30)36)22-29(49)23-33(37)56-42(39)35(27-16-12-9-13-17-27)34(40(38)50-31)26-14-10-8-11-15-26/h8-23H,24H2,1-7H3. The van der Waals surface area contributed by atoms with E-state index in [0.717, 1.165) is 49.2 Å². The van der Waals surface area contributed by atoms with Gasteiger partial charge in [-0.1, -0.05) is 90.5 Å². The molecule has 3 aromatic heterocycles. The van der Waals surface area contributed by atoms with Crippen molar-refractivity contribution in [2.24, 2.45) is 0 Å². The maximum atomic E-state index is 7.19. The minimum Gasteiger partial charge on any atom is -0.455 e. The predicted molar refractivity (Wildman–Crippen MR) is 237 cm³/mol. The first-order chi connectivity index (χ1) is 26.7. The molecule has 1 unspecified atom stereocenters. The van der Waals surface area contributed by atoms with Crippen LogP contribution in [-0.2, 0) is 25.0 Å². The zero-order chi connectivity index (χ0) is 38.5. The molecule has 5 heterocycles. The predicted octanol–water partition coefficient (Wildman–Crippen LogP) is 13.5. The quantitative estimate of drug-likeness (QED) is 0.162. The number of rotatable bonds is 5. The van der Waals surface area contributed by atoms with E-state index in [2.05, 4.69) is 146 Å². The first-order valence-corrected chi connectivity index (χ1v) is 21.3. The Bertz CT molecular complexity index is 3020. The van der Waals surface area contributed by atoms with Gasteiger partial charge in [-0.15, -0.1) is 22.7 Å². The highest BCUT2D eigenvalue weighted by molar-refractivity contribution is 7.30. The van der Waals surface area contributed by atoms with Gasteiger partial charge in [-0.3, -0.25) is 0 Å². The van der Waals surface area contributed by atoms with Gasteiger partial charge in [0.25, 0.3) is 0 Å². The fraction of sp³-hybridized carbons (Fsp3) is 0.261. The topological polar surface area (TPSA) is 50.1 Å². The normalized spacial score (nSPS) is 20.7. The van der Waals surface area contributed by atoms with E-state index in [1.54, 1.807) is 11.3 Å². The Balaban J connectivity index is 1.13. The molecule has 56 heavy (non-hydrogen) atoms. The van der Waals surface area contributed by atoms with E-state index in [1.807, 2.05) is 11.3 Å². The Morgan fingerprint density at radius 2 is 1.16 bits per heavy atom. The van der Waals surface area contributed by atoms with Gasteiger partial charge in [-0.25, -0.2) is 0 Å². The number of benzene rings is 6. The Morgan fingerprint density at radius 3 is 1.82 bits per heavy atom. The summed E-state index contributed by atoms with van der Waals surface area (Å²) in [5.74, 6) is 0. The van der Waals surface area contributed by atoms with Gasteiger partial charge < -0.3 is 23.0 Å². The Labute approximate surface area is 339 Å². The van der Waals surface area contributed by atoms with E-state index in [1.165, 1.54) is 45.9 Å². The van der Waals surface area contributed by atoms with Crippen molar-refractivity contribution in [3.05, 3.63) is 108 Å². The second-order valence-electron chi connectivity index (χ2n) is 17.3. The summed E-state index contributed by atoms with van der Waals surface area (Å²) >= 11 is 10.6. The van der Waals surface area contributed by atoms with Crippen molar-refractivity contribution in [1.82, 2.24) is 0 Å². The first kappa shape index (κ1) is 35.3. The SMILES string of the molecule is CC1(C)OB(B2OC(C)(C)C(C)(Cc3ccc4c(c3)cc3oc5c(-c6ccccc6)c(-c6ccccc6)c6sc7cc(Cl)cc8sc4c3c5c6c78)O2)OC1(C)C. The van der Waals surface area contributed by atoms with Crippen LogP contribution in [-0.4, -0.2) is 36.4 Å². The highest BCUT2D eigenvalue weighted by Gasteiger charge is 2.64. The van der Waals surface area contributed by atoms with E-state index >= 15 is 0 Å². The third kappa shape index (κ3) is 4.95. The van der Waals surface area contributed by atoms with E-state index in [0.29, 0.717) is 6.42 Å². The van der Waals surface area contributed by atoms with E-state index in [4.69, 9.17) is 34.6 Å². The second-order valence-corrected chi connectivity index (χ2v) is 19.8. The monoisotopic (exact) mass is 792 g/mol. The summed E-state index contributed by atoms with van der Waals surface area (Å²) in [5.41, 5.74) is 5.31. The molecule has 6 aromatic carbocycles. The zero-order valence-electron chi connectivity index (χ0n) is 32.3. The van der Waals surface area contributed by atoms with Gasteiger partial charge in [0.15, 0.2) is 0 Å². The molecular formula is C46H39B2ClO5S2. The summed E-state index contributed by atoms with van der Waals surface area (Å²) in [6.07, 6.45) is 0.637. The van der Waals surface area contributed by atoms with Crippen LogP contribution in [0.15, 0.2) is 101 Å². The molecule has 5 nitrogen and oxygen atoms in total. The maximum Gasteiger partial charge on any atom is 0.489 e. The molecule has 0 saturated carbocycles. The molecule has 1 atom stereocenters. The minimum absolute atomic E-state index is 0.483. The molecule has 0 N–H and O–H groups in total. The minimum atomic E-state index is -0.650. The van der Waals surface area contributed by atoms with Crippen LogP contribution >= 0.6 is 34.3 Å². The smallest absolute Gasteiger partial charge is 0.455 e. The number of furan rings is 1. The highest BCUT2D eigenvalue weighted by Crippen LogP contribution is 2.56. The molecule has 0 spiro atoms. The summed E-state index contributed by atoms with van der Waals surface area (Å²) in [7, 11) is -1.27. The van der Waals surface area contributed by atoms with Crippen molar-refractivity contribution in [3.8, 4) is 22.3 Å². The molecule has 2 aliphatic heterocycles. The second kappa shape index (κ2) is 11.8. The lowest BCUT2D eigenvalue weighted by Crippen LogP contribution is -2.46. The van der Waals surface area contributed by atoms with Gasteiger partial charge in [0.2, 0.25) is 0 Å². The van der Waals surface area contributed by atoms with E-state index in [9.17, 15) is 0 Å². The average molecular weight is 793 g/mol. The summed E-state index contributed by atoms with van der Waals surface area (Å²) in [6, 6.07) is 34.7. The fourth-order valence-electron chi connectivity index (χ4n) is 8.96. The van der Waals surface area contributed by atoms with Gasteiger partial charge >= 0.3 is 14.0 Å². The Hall–Kier alpha value is -3.92. The van der Waals surface area contributed by atoms with Crippen molar-refractivity contribution >= 4 is 111 Å². The van der Waals surface area contributed by atoms with Crippen molar-refractivity contribution in [2.45, 2.75) is 77.3 Å². The summed E-state index contributed by atoms with van der Waals surface area (Å²) in [6.45, 7) is 14.5. The molecule has 0 radical (unpaired) electrons. The number of hydrogen-bond donors (Lipinski definition) is 0. The number of thiophene rings is 1. The molecule has 10 heteroatoms. The van der Waals surface area contributed by atoms with Crippen LogP contribution in [0.1, 0.15) is 54.0 Å². The highest BCUT2D eigenvalue weighted by atomic mass is 35.5. The number of fused-ring (bicyclic) bond motifs is 2. The van der Waals surface area contributed by atoms with Crippen LogP contribution in [0.25, 0.3) is 84.5 Å². The van der Waals surface area contributed by atoms with Crippen molar-refractivity contribution in [1.29, 1.82) is 0 Å². The van der Waals surface area contributed by atoms with E-state index in [-0.39, 0.29) is 0 Å². The van der Waals surface area contributed by atoms with Gasteiger partial charge in [-0.05, 0) is 94.1 Å². The largest absolute Gasteiger partial charge is 0.489 e. The van der Waals surface area contributed by atoms with Crippen LogP contribution in [0.5, 0.6) is 0 Å². The van der Waals surface area contributed by atoms with Crippen LogP contribution in [0.2, 0.25) is 5.02 Å². The fourth-order valence-corrected chi connectivity index (χ4v) is 12.0. The van der Waals surface area contributed by atoms with Crippen LogP contribution in [0, 0.1) is 0 Å². The van der Waals surface area contributed by atoms with Crippen molar-refractivity contribution in [3.63, 3.8) is 0 Å². The number of halogens is 1. The lowest BCUT2D eigenvalue weighted by Gasteiger charge is -2.36. The molecule has 2 fully saturated rings. The number of hydrogen-bond acceptors (Lipinski definition) is 7. The molecule has 278 valence electrons.